The molecule has 6 heteroatoms. The van der Waals surface area contributed by atoms with E-state index in [0.29, 0.717) is 24.0 Å². The molecule has 0 aliphatic carbocycles. The number of hydrogen-bond donors (Lipinski definition) is 0. The van der Waals surface area contributed by atoms with Crippen molar-refractivity contribution in [2.75, 3.05) is 19.6 Å². The smallest absolute Gasteiger partial charge is 0.222 e. The third-order valence-electron chi connectivity index (χ3n) is 2.37. The summed E-state index contributed by atoms with van der Waals surface area (Å²) in [5.41, 5.74) is 0.719. The molecule has 0 saturated heterocycles. The lowest BCUT2D eigenvalue weighted by Gasteiger charge is -2.11. The van der Waals surface area contributed by atoms with E-state index in [4.69, 9.17) is 32.7 Å². The fraction of sp³-hybridized carbons (Fsp3) is 0.333. The van der Waals surface area contributed by atoms with Crippen molar-refractivity contribution < 1.29 is 9.47 Å². The number of hydrogen-bond acceptors (Lipinski definition) is 4. The van der Waals surface area contributed by atoms with E-state index in [1.807, 2.05) is 6.07 Å². The van der Waals surface area contributed by atoms with E-state index >= 15 is 0 Å². The maximum Gasteiger partial charge on any atom is 0.222 e. The van der Waals surface area contributed by atoms with Gasteiger partial charge in [0, 0.05) is 23.5 Å². The number of fused-ring (bicyclic) bond motifs is 1. The summed E-state index contributed by atoms with van der Waals surface area (Å²) in [4.78, 5) is 8.06. The molecule has 1 aromatic carbocycles. The molecule has 2 aromatic rings. The first-order chi connectivity index (χ1) is 8.74. The van der Waals surface area contributed by atoms with Crippen LogP contribution >= 0.6 is 23.2 Å². The normalized spacial score (nSPS) is 10.6. The van der Waals surface area contributed by atoms with Gasteiger partial charge in [0.1, 0.15) is 0 Å². The first kappa shape index (κ1) is 13.2. The van der Waals surface area contributed by atoms with E-state index in [0.717, 1.165) is 17.3 Å². The third-order valence-corrected chi connectivity index (χ3v) is 2.82. The van der Waals surface area contributed by atoms with Gasteiger partial charge in [-0.2, -0.15) is 0 Å². The van der Waals surface area contributed by atoms with Crippen LogP contribution in [-0.2, 0) is 0 Å². The minimum absolute atomic E-state index is 0.208. The largest absolute Gasteiger partial charge is 0.493 e. The van der Waals surface area contributed by atoms with Crippen LogP contribution in [0.1, 0.15) is 6.42 Å². The topological polar surface area (TPSA) is 44.2 Å². The van der Waals surface area contributed by atoms with E-state index in [2.05, 4.69) is 9.97 Å². The molecule has 0 aliphatic heterocycles. The average molecular weight is 287 g/mol. The van der Waals surface area contributed by atoms with Gasteiger partial charge in [-0.25, -0.2) is 9.97 Å². The van der Waals surface area contributed by atoms with E-state index in [1.165, 1.54) is 0 Å². The van der Waals surface area contributed by atoms with Crippen LogP contribution < -0.4 is 9.47 Å². The van der Waals surface area contributed by atoms with Crippen molar-refractivity contribution in [2.45, 2.75) is 6.42 Å². The van der Waals surface area contributed by atoms with Crippen molar-refractivity contribution in [1.82, 2.24) is 9.97 Å². The summed E-state index contributed by atoms with van der Waals surface area (Å²) in [6, 6.07) is 3.61. The predicted octanol–water partition coefficient (Wildman–Crippen LogP) is 3.30. The molecule has 1 heterocycles. The van der Waals surface area contributed by atoms with Gasteiger partial charge in [-0.3, -0.25) is 0 Å². The standard InChI is InChI=1S/C12H12Cl2N2O2/c1-17-10-5-8-7-15-12(14)16-9(8)6-11(10)18-4-2-3-13/h5-7H,2-4H2,1H3. The summed E-state index contributed by atoms with van der Waals surface area (Å²) in [7, 11) is 1.59. The van der Waals surface area contributed by atoms with Gasteiger partial charge in [-0.15, -0.1) is 11.6 Å². The molecule has 2 rings (SSSR count). The van der Waals surface area contributed by atoms with E-state index < -0.39 is 0 Å². The zero-order valence-electron chi connectivity index (χ0n) is 9.82. The van der Waals surface area contributed by atoms with Gasteiger partial charge in [-0.05, 0) is 24.1 Å². The predicted molar refractivity (Wildman–Crippen MR) is 71.9 cm³/mol. The zero-order chi connectivity index (χ0) is 13.0. The molecule has 0 atom stereocenters. The number of methoxy groups -OCH3 is 1. The highest BCUT2D eigenvalue weighted by molar-refractivity contribution is 6.28. The maximum absolute atomic E-state index is 5.76. The summed E-state index contributed by atoms with van der Waals surface area (Å²) in [6.07, 6.45) is 2.42. The zero-order valence-corrected chi connectivity index (χ0v) is 11.3. The van der Waals surface area contributed by atoms with Crippen molar-refractivity contribution in [3.8, 4) is 11.5 Å². The molecule has 0 spiro atoms. The molecule has 18 heavy (non-hydrogen) atoms. The maximum atomic E-state index is 5.76. The highest BCUT2D eigenvalue weighted by atomic mass is 35.5. The fourth-order valence-electron chi connectivity index (χ4n) is 1.53. The van der Waals surface area contributed by atoms with Crippen LogP contribution in [0.3, 0.4) is 0 Å². The summed E-state index contributed by atoms with van der Waals surface area (Å²) >= 11 is 11.4. The lowest BCUT2D eigenvalue weighted by molar-refractivity contribution is 0.295. The molecule has 1 aromatic heterocycles. The van der Waals surface area contributed by atoms with Gasteiger partial charge in [-0.1, -0.05) is 0 Å². The number of rotatable bonds is 5. The van der Waals surface area contributed by atoms with E-state index in [1.54, 1.807) is 19.4 Å². The van der Waals surface area contributed by atoms with Gasteiger partial charge < -0.3 is 9.47 Å². The Morgan fingerprint density at radius 1 is 1.28 bits per heavy atom. The minimum Gasteiger partial charge on any atom is -0.493 e. The SMILES string of the molecule is COc1cc2cnc(Cl)nc2cc1OCCCCl. The Kier molecular flexibility index (Phi) is 4.44. The summed E-state index contributed by atoms with van der Waals surface area (Å²) < 4.78 is 10.9. The lowest BCUT2D eigenvalue weighted by Crippen LogP contribution is -2.00. The Hall–Kier alpha value is -1.26. The van der Waals surface area contributed by atoms with Crippen molar-refractivity contribution in [2.24, 2.45) is 0 Å². The third kappa shape index (κ3) is 2.94. The second kappa shape index (κ2) is 6.07. The number of nitrogens with zero attached hydrogens (tertiary/aromatic N) is 2. The molecular formula is C12H12Cl2N2O2. The Morgan fingerprint density at radius 2 is 2.11 bits per heavy atom. The minimum atomic E-state index is 0.208. The molecule has 0 N–H and O–H groups in total. The monoisotopic (exact) mass is 286 g/mol. The fourth-order valence-corrected chi connectivity index (χ4v) is 1.77. The van der Waals surface area contributed by atoms with Gasteiger partial charge in [0.05, 0.1) is 19.2 Å². The highest BCUT2D eigenvalue weighted by Crippen LogP contribution is 2.31. The Bertz CT molecular complexity index is 549. The number of aromatic nitrogens is 2. The number of benzene rings is 1. The van der Waals surface area contributed by atoms with Gasteiger partial charge in [0.25, 0.3) is 0 Å². The first-order valence-electron chi connectivity index (χ1n) is 5.43. The molecule has 0 bridgehead atoms. The van der Waals surface area contributed by atoms with Crippen molar-refractivity contribution in [3.63, 3.8) is 0 Å². The quantitative estimate of drug-likeness (QED) is 0.481. The molecule has 0 aliphatic rings. The Morgan fingerprint density at radius 3 is 2.83 bits per heavy atom. The van der Waals surface area contributed by atoms with Crippen molar-refractivity contribution in [3.05, 3.63) is 23.6 Å². The lowest BCUT2D eigenvalue weighted by atomic mass is 10.2. The molecule has 0 amide bonds. The van der Waals surface area contributed by atoms with Gasteiger partial charge >= 0.3 is 0 Å². The Labute approximate surface area is 115 Å². The molecular weight excluding hydrogens is 275 g/mol. The number of ether oxygens (including phenoxy) is 2. The van der Waals surface area contributed by atoms with Gasteiger partial charge in [0.2, 0.25) is 5.28 Å². The first-order valence-corrected chi connectivity index (χ1v) is 6.35. The second-order valence-electron chi connectivity index (χ2n) is 3.59. The molecule has 4 nitrogen and oxygen atoms in total. The van der Waals surface area contributed by atoms with Crippen molar-refractivity contribution >= 4 is 34.1 Å². The molecule has 96 valence electrons. The highest BCUT2D eigenvalue weighted by Gasteiger charge is 2.08. The second-order valence-corrected chi connectivity index (χ2v) is 4.31. The van der Waals surface area contributed by atoms with Crippen LogP contribution in [0.4, 0.5) is 0 Å². The van der Waals surface area contributed by atoms with Crippen molar-refractivity contribution in [1.29, 1.82) is 0 Å². The molecule has 0 fully saturated rings. The van der Waals surface area contributed by atoms with Gasteiger partial charge in [0.15, 0.2) is 11.5 Å². The van der Waals surface area contributed by atoms with E-state index in [-0.39, 0.29) is 5.28 Å². The van der Waals surface area contributed by atoms with Crippen LogP contribution in [0.15, 0.2) is 18.3 Å². The summed E-state index contributed by atoms with van der Waals surface area (Å²) in [6.45, 7) is 0.532. The van der Waals surface area contributed by atoms with Crippen LogP contribution in [0.5, 0.6) is 11.5 Å². The van der Waals surface area contributed by atoms with Crippen LogP contribution in [0.2, 0.25) is 5.28 Å². The molecule has 0 unspecified atom stereocenters. The van der Waals surface area contributed by atoms with Crippen LogP contribution in [0.25, 0.3) is 10.9 Å². The van der Waals surface area contributed by atoms with Crippen LogP contribution in [-0.4, -0.2) is 29.6 Å². The van der Waals surface area contributed by atoms with E-state index in [9.17, 15) is 0 Å². The van der Waals surface area contributed by atoms with Crippen LogP contribution in [0, 0.1) is 0 Å². The average Bonchev–Trinajstić information content (AvgIpc) is 2.38. The summed E-state index contributed by atoms with van der Waals surface area (Å²) in [5, 5.41) is 1.06. The number of alkyl halides is 1. The number of halogens is 2. The Balaban J connectivity index is 2.36. The molecule has 0 radical (unpaired) electrons. The molecule has 0 saturated carbocycles. The summed E-state index contributed by atoms with van der Waals surface area (Å²) in [5.74, 6) is 1.83.